The summed E-state index contributed by atoms with van der Waals surface area (Å²) in [5.74, 6) is 6.03. The highest BCUT2D eigenvalue weighted by molar-refractivity contribution is 7.94. The van der Waals surface area contributed by atoms with E-state index in [0.717, 1.165) is 5.56 Å². The molecule has 0 fully saturated rings. The van der Waals surface area contributed by atoms with Gasteiger partial charge in [-0.15, -0.1) is 11.3 Å². The number of fused-ring (bicyclic) bond motifs is 1. The van der Waals surface area contributed by atoms with Gasteiger partial charge < -0.3 is 16.5 Å². The predicted octanol–water partition coefficient (Wildman–Crippen LogP) is 2.39. The normalized spacial score (nSPS) is 11.9. The number of hydrogen-bond donors (Lipinski definition) is 3. The zero-order chi connectivity index (χ0) is 19.6. The molecule has 0 spiro atoms. The number of aromatic nitrogens is 2. The van der Waals surface area contributed by atoms with Crippen molar-refractivity contribution >= 4 is 45.0 Å². The molecule has 0 atom stereocenters. The molecule has 0 saturated carbocycles. The third-order valence-corrected chi connectivity index (χ3v) is 5.11. The predicted molar refractivity (Wildman–Crippen MR) is 111 cm³/mol. The number of thiophene rings is 1. The lowest BCUT2D eigenvalue weighted by Gasteiger charge is -2.14. The summed E-state index contributed by atoms with van der Waals surface area (Å²) in [5.41, 5.74) is 14.2. The van der Waals surface area contributed by atoms with Crippen LogP contribution in [-0.2, 0) is 0 Å². The van der Waals surface area contributed by atoms with Crippen LogP contribution in [0.2, 0.25) is 0 Å². The molecule has 0 saturated heterocycles. The third kappa shape index (κ3) is 3.92. The average molecular weight is 407 g/mol. The molecule has 2 heterocycles. The Morgan fingerprint density at radius 3 is 2.78 bits per heavy atom. The van der Waals surface area contributed by atoms with Gasteiger partial charge in [-0.1, -0.05) is 17.7 Å². The quantitative estimate of drug-likeness (QED) is 0.425. The summed E-state index contributed by atoms with van der Waals surface area (Å²) in [6, 6.07) is 7.38. The molecule has 0 bridgehead atoms. The van der Waals surface area contributed by atoms with Gasteiger partial charge in [0.15, 0.2) is 0 Å². The molecule has 1 aromatic carbocycles. The fourth-order valence-electron chi connectivity index (χ4n) is 2.59. The first-order valence-corrected chi connectivity index (χ1v) is 9.78. The Bertz CT molecular complexity index is 1040. The van der Waals surface area contributed by atoms with Gasteiger partial charge in [0.25, 0.3) is 5.56 Å². The Balaban J connectivity index is 2.18. The molecule has 10 heteroatoms. The highest BCUT2D eigenvalue weighted by atomic mass is 32.2. The van der Waals surface area contributed by atoms with Crippen LogP contribution in [-0.4, -0.2) is 27.1 Å². The van der Waals surface area contributed by atoms with Crippen LogP contribution in [0.1, 0.15) is 11.3 Å². The Morgan fingerprint density at radius 1 is 1.41 bits per heavy atom. The monoisotopic (exact) mass is 406 g/mol. The second-order valence-corrected chi connectivity index (χ2v) is 7.46. The molecule has 0 radical (unpaired) electrons. The first-order valence-electron chi connectivity index (χ1n) is 8.02. The molecule has 6 N–H and O–H groups in total. The van der Waals surface area contributed by atoms with E-state index < -0.39 is 0 Å². The summed E-state index contributed by atoms with van der Waals surface area (Å²) < 4.78 is 13.5. The zero-order valence-corrected chi connectivity index (χ0v) is 16.2. The van der Waals surface area contributed by atoms with Gasteiger partial charge in [0.2, 0.25) is 0 Å². The Hall–Kier alpha value is -2.56. The smallest absolute Gasteiger partial charge is 0.282 e. The zero-order valence-electron chi connectivity index (χ0n) is 14.6. The van der Waals surface area contributed by atoms with Crippen molar-refractivity contribution in [3.05, 3.63) is 57.5 Å². The van der Waals surface area contributed by atoms with Crippen molar-refractivity contribution in [3.8, 4) is 5.69 Å². The number of rotatable bonds is 6. The number of hydrazine groups is 1. The van der Waals surface area contributed by atoms with Gasteiger partial charge in [-0.2, -0.15) is 13.7 Å². The summed E-state index contributed by atoms with van der Waals surface area (Å²) in [6.45, 7) is 2.23. The van der Waals surface area contributed by atoms with Crippen molar-refractivity contribution in [1.82, 2.24) is 14.8 Å². The fourth-order valence-corrected chi connectivity index (χ4v) is 3.66. The third-order valence-electron chi connectivity index (χ3n) is 3.96. The molecule has 27 heavy (non-hydrogen) atoms. The maximum absolute atomic E-state index is 12.9. The largest absolute Gasteiger partial charge is 0.396 e. The van der Waals surface area contributed by atoms with Crippen molar-refractivity contribution in [2.45, 2.75) is 6.92 Å². The van der Waals surface area contributed by atoms with E-state index in [1.807, 2.05) is 19.1 Å². The lowest BCUT2D eigenvalue weighted by Crippen LogP contribution is -2.29. The topological polar surface area (TPSA) is 116 Å². The number of nitrogens with zero attached hydrogens (tertiary/aromatic N) is 3. The van der Waals surface area contributed by atoms with E-state index >= 15 is 0 Å². The minimum atomic E-state index is -0.317. The van der Waals surface area contributed by atoms with E-state index in [-0.39, 0.29) is 35.7 Å². The molecule has 0 aliphatic carbocycles. The molecule has 3 aromatic rings. The van der Waals surface area contributed by atoms with Gasteiger partial charge in [-0.3, -0.25) is 4.79 Å². The van der Waals surface area contributed by atoms with Crippen LogP contribution in [0.3, 0.4) is 0 Å². The lowest BCUT2D eigenvalue weighted by molar-refractivity contribution is 0.420. The summed E-state index contributed by atoms with van der Waals surface area (Å²) in [7, 11) is 0. The van der Waals surface area contributed by atoms with Crippen molar-refractivity contribution in [2.24, 2.45) is 11.6 Å². The first-order chi connectivity index (χ1) is 12.9. The van der Waals surface area contributed by atoms with E-state index in [1.54, 1.807) is 17.5 Å². The molecule has 7 nitrogen and oxygen atoms in total. The number of halogens is 1. The highest BCUT2D eigenvalue weighted by Gasteiger charge is 2.17. The molecule has 0 unspecified atom stereocenters. The highest BCUT2D eigenvalue weighted by Crippen LogP contribution is 2.29. The summed E-state index contributed by atoms with van der Waals surface area (Å²) in [5, 5.41) is 8.80. The van der Waals surface area contributed by atoms with E-state index in [4.69, 9.17) is 17.3 Å². The molecule has 0 aliphatic rings. The number of anilines is 1. The van der Waals surface area contributed by atoms with Gasteiger partial charge >= 0.3 is 0 Å². The van der Waals surface area contributed by atoms with Crippen LogP contribution in [0.5, 0.6) is 0 Å². The van der Waals surface area contributed by atoms with Gasteiger partial charge in [-0.05, 0) is 19.1 Å². The Morgan fingerprint density at radius 2 is 2.11 bits per heavy atom. The summed E-state index contributed by atoms with van der Waals surface area (Å²) >= 11 is 1.44. The molecule has 0 aliphatic heterocycles. The van der Waals surface area contributed by atoms with E-state index in [1.165, 1.54) is 27.2 Å². The fraction of sp³-hybridized carbons (Fsp3) is 0.176. The Labute approximate surface area is 163 Å². The molecule has 2 aromatic heterocycles. The van der Waals surface area contributed by atoms with Crippen LogP contribution in [0, 0.1) is 6.92 Å². The first kappa shape index (κ1) is 19.2. The number of nitrogen functional groups attached to an aromatic ring is 1. The van der Waals surface area contributed by atoms with Crippen molar-refractivity contribution in [1.29, 1.82) is 0 Å². The number of benzene rings is 1. The molecular formula is C17H19FN6OS2. The number of nitrogens with two attached hydrogens (primary N) is 3. The van der Waals surface area contributed by atoms with Crippen molar-refractivity contribution in [2.75, 3.05) is 18.0 Å². The van der Waals surface area contributed by atoms with Crippen LogP contribution in [0.4, 0.5) is 8.89 Å². The lowest BCUT2D eigenvalue weighted by atomic mass is 10.2. The van der Waals surface area contributed by atoms with Crippen LogP contribution >= 0.6 is 23.5 Å². The summed E-state index contributed by atoms with van der Waals surface area (Å²) in [6.07, 6.45) is 1.47. The van der Waals surface area contributed by atoms with Gasteiger partial charge in [0.1, 0.15) is 5.69 Å². The van der Waals surface area contributed by atoms with Gasteiger partial charge in [-0.25, -0.2) is 5.84 Å². The summed E-state index contributed by atoms with van der Waals surface area (Å²) in [4.78, 5) is 12.9. The molecular weight excluding hydrogens is 387 g/mol. The molecule has 142 valence electrons. The van der Waals surface area contributed by atoms with Crippen LogP contribution in [0.25, 0.3) is 22.2 Å². The molecule has 3 rings (SSSR count). The minimum absolute atomic E-state index is 0.194. The van der Waals surface area contributed by atoms with Gasteiger partial charge in [0, 0.05) is 41.4 Å². The maximum Gasteiger partial charge on any atom is 0.282 e. The number of hydrogen-bond acceptors (Lipinski definition) is 8. The Kier molecular flexibility index (Phi) is 5.68. The van der Waals surface area contributed by atoms with E-state index in [2.05, 4.69) is 5.10 Å². The second kappa shape index (κ2) is 7.99. The van der Waals surface area contributed by atoms with E-state index in [9.17, 15) is 8.68 Å². The standard InChI is InChI=1S/C17H19FN6OS2/c1-10-2-4-11(5-3-10)24-17(25)14-12(9-26-16(14)20)15(22-24)13(19)8-23(21)6-7-27-18/h2-5,8-9H,6-7,19-21H2,1H3/b13-8-. The minimum Gasteiger partial charge on any atom is -0.396 e. The van der Waals surface area contributed by atoms with Crippen LogP contribution < -0.4 is 22.9 Å². The second-order valence-electron chi connectivity index (χ2n) is 5.93. The van der Waals surface area contributed by atoms with E-state index in [0.29, 0.717) is 27.2 Å². The maximum atomic E-state index is 12.9. The van der Waals surface area contributed by atoms with Gasteiger partial charge in [0.05, 0.1) is 21.8 Å². The van der Waals surface area contributed by atoms with Crippen molar-refractivity contribution in [3.63, 3.8) is 0 Å². The number of aryl methyl sites for hydroxylation is 1. The SMILES string of the molecule is Cc1ccc(-n2nc(/C(N)=C/N(N)CCSF)c3csc(N)c3c2=O)cc1. The van der Waals surface area contributed by atoms with Crippen LogP contribution in [0.15, 0.2) is 40.6 Å². The molecule has 0 amide bonds. The van der Waals surface area contributed by atoms with Crippen molar-refractivity contribution < 1.29 is 3.89 Å². The average Bonchev–Trinajstić information content (AvgIpc) is 3.03.